The van der Waals surface area contributed by atoms with Crippen LogP contribution in [0.2, 0.25) is 5.02 Å². The normalized spacial score (nSPS) is 17.4. The number of β-amino-alcohol motifs (C(OH)–C–C–N with tert-alkyl or cyclic N) is 1. The maximum Gasteiger partial charge on any atom is 0.262 e. The van der Waals surface area contributed by atoms with Gasteiger partial charge in [0.05, 0.1) is 67.1 Å². The van der Waals surface area contributed by atoms with Gasteiger partial charge in [-0.2, -0.15) is 0 Å². The molecule has 0 radical (unpaired) electrons. The monoisotopic (exact) mass is 1040 g/mol. The highest BCUT2D eigenvalue weighted by molar-refractivity contribution is 7.13. The second-order valence-electron chi connectivity index (χ2n) is 19.9. The number of hydrogen-bond acceptors (Lipinski definition) is 13. The summed E-state index contributed by atoms with van der Waals surface area (Å²) in [4.78, 5) is 79.3. The minimum atomic E-state index is -0.971. The topological polar surface area (TPSA) is 197 Å². The lowest BCUT2D eigenvalue weighted by Crippen LogP contribution is -2.58. The average Bonchev–Trinajstić information content (AvgIpc) is 4.06. The number of aliphatic hydroxyl groups excluding tert-OH is 1. The molecule has 7 rings (SSSR count). The van der Waals surface area contributed by atoms with E-state index in [2.05, 4.69) is 30.7 Å². The summed E-state index contributed by atoms with van der Waals surface area (Å²) in [7, 11) is 1.59. The number of likely N-dealkylation sites (tertiary alicyclic amines) is 1. The van der Waals surface area contributed by atoms with Crippen LogP contribution in [0.1, 0.15) is 73.0 Å². The van der Waals surface area contributed by atoms with Crippen LogP contribution in [0, 0.1) is 19.3 Å². The summed E-state index contributed by atoms with van der Waals surface area (Å²) in [5.41, 5.74) is 6.66. The zero-order chi connectivity index (χ0) is 52.4. The number of hydrogen-bond donors (Lipinski definition) is 4. The molecule has 0 saturated carbocycles. The van der Waals surface area contributed by atoms with E-state index in [1.54, 1.807) is 53.3 Å². The van der Waals surface area contributed by atoms with Crippen molar-refractivity contribution in [1.82, 2.24) is 40.2 Å². The number of aryl methyl sites for hydroxylation is 1. The maximum atomic E-state index is 14.1. The van der Waals surface area contributed by atoms with Crippen molar-refractivity contribution in [3.05, 3.63) is 105 Å². The Labute approximate surface area is 436 Å². The highest BCUT2D eigenvalue weighted by Gasteiger charge is 2.44. The number of piperazine rings is 1. The predicted octanol–water partition coefficient (Wildman–Crippen LogP) is 5.41. The first-order valence-corrected chi connectivity index (χ1v) is 26.1. The third-order valence-electron chi connectivity index (χ3n) is 13.6. The number of nitrogens with zero attached hydrogens (tertiary/aromatic N) is 5. The van der Waals surface area contributed by atoms with E-state index in [1.165, 1.54) is 4.90 Å². The van der Waals surface area contributed by atoms with E-state index in [4.69, 9.17) is 25.8 Å². The van der Waals surface area contributed by atoms with Gasteiger partial charge in [0.25, 0.3) is 5.91 Å². The number of nitrogens with one attached hydrogen (secondary N) is 3. The quantitative estimate of drug-likeness (QED) is 0.0684. The van der Waals surface area contributed by atoms with Crippen molar-refractivity contribution < 1.29 is 43.3 Å². The van der Waals surface area contributed by atoms with Gasteiger partial charge in [0.2, 0.25) is 23.6 Å². The van der Waals surface area contributed by atoms with E-state index >= 15 is 0 Å². The van der Waals surface area contributed by atoms with Crippen molar-refractivity contribution in [3.8, 4) is 16.2 Å². The third-order valence-corrected chi connectivity index (χ3v) is 14.8. The molecule has 2 aromatic heterocycles. The molecule has 3 aromatic carbocycles. The molecule has 2 saturated heterocycles. The van der Waals surface area contributed by atoms with Gasteiger partial charge in [-0.25, -0.2) is 4.98 Å². The van der Waals surface area contributed by atoms with Gasteiger partial charge in [0, 0.05) is 80.4 Å². The van der Waals surface area contributed by atoms with Crippen molar-refractivity contribution in [2.75, 3.05) is 85.9 Å². The number of rotatable bonds is 21. The van der Waals surface area contributed by atoms with E-state index in [0.29, 0.717) is 47.2 Å². The Balaban J connectivity index is 0.779. The summed E-state index contributed by atoms with van der Waals surface area (Å²) >= 11 is 7.65. The van der Waals surface area contributed by atoms with Crippen LogP contribution in [0.4, 0.5) is 0 Å². The Morgan fingerprint density at radius 3 is 2.22 bits per heavy atom. The molecule has 0 bridgehead atoms. The molecule has 4 amide bonds. The minimum Gasteiger partial charge on any atom is -0.497 e. The highest BCUT2D eigenvalue weighted by atomic mass is 35.5. The molecule has 73 heavy (non-hydrogen) atoms. The molecule has 4 N–H and O–H groups in total. The second kappa shape index (κ2) is 25.0. The van der Waals surface area contributed by atoms with E-state index in [1.807, 2.05) is 83.5 Å². The Morgan fingerprint density at radius 1 is 0.877 bits per heavy atom. The van der Waals surface area contributed by atoms with Crippen molar-refractivity contribution in [3.63, 3.8) is 0 Å². The number of thiazole rings is 1. The maximum absolute atomic E-state index is 14.1. The standard InChI is InChI=1S/C54H69ClN8O9S/c1-34(37-8-10-38(11-9-37)49-35(2)57-33-73-49)58-51(67)46-28-41(64)31-62(46)53(69)50(54(4,5)6)59-48(66)32-72-27-26-71-25-24-61-22-20-60(21-23-61)19-18-56-47(65)30-43-36(3)63(45-17-16-42(70-7)29-44(43)45)52(68)39-12-14-40(55)15-13-39/h8-17,29,33-34,41,46,50,64H,18-28,30-32H2,1-7H3,(H,56,65)(H,58,67)(H,59,66)/t34-,41+,46-,50+/m0/s1. The molecule has 0 spiro atoms. The molecule has 2 aliphatic rings. The number of aliphatic hydroxyl groups is 1. The first-order valence-electron chi connectivity index (χ1n) is 24.9. The number of halogens is 1. The fourth-order valence-electron chi connectivity index (χ4n) is 9.41. The fraction of sp³-hybridized carbons (Fsp3) is 0.481. The lowest BCUT2D eigenvalue weighted by Gasteiger charge is -2.35. The molecule has 0 unspecified atom stereocenters. The first-order chi connectivity index (χ1) is 34.9. The van der Waals surface area contributed by atoms with Gasteiger partial charge in [-0.1, -0.05) is 56.6 Å². The van der Waals surface area contributed by atoms with Crippen molar-refractivity contribution in [2.24, 2.45) is 5.41 Å². The molecule has 4 heterocycles. The van der Waals surface area contributed by atoms with Crippen molar-refractivity contribution in [1.29, 1.82) is 0 Å². The highest BCUT2D eigenvalue weighted by Crippen LogP contribution is 2.32. The van der Waals surface area contributed by atoms with Crippen LogP contribution in [0.3, 0.4) is 0 Å². The van der Waals surface area contributed by atoms with Gasteiger partial charge >= 0.3 is 0 Å². The molecule has 5 aromatic rings. The van der Waals surface area contributed by atoms with Crippen LogP contribution >= 0.6 is 22.9 Å². The third kappa shape index (κ3) is 14.1. The Kier molecular flexibility index (Phi) is 18.8. The fourth-order valence-corrected chi connectivity index (χ4v) is 10.3. The Hall–Kier alpha value is -5.73. The van der Waals surface area contributed by atoms with E-state index in [-0.39, 0.29) is 63.0 Å². The first kappa shape index (κ1) is 55.0. The van der Waals surface area contributed by atoms with Gasteiger partial charge in [0.15, 0.2) is 0 Å². The summed E-state index contributed by atoms with van der Waals surface area (Å²) in [6.45, 7) is 17.2. The number of amides is 4. The van der Waals surface area contributed by atoms with Crippen LogP contribution in [0.15, 0.2) is 72.2 Å². The molecule has 17 nitrogen and oxygen atoms in total. The summed E-state index contributed by atoms with van der Waals surface area (Å²) in [6, 6.07) is 18.0. The van der Waals surface area contributed by atoms with Gasteiger partial charge < -0.3 is 40.2 Å². The lowest BCUT2D eigenvalue weighted by atomic mass is 9.85. The zero-order valence-electron chi connectivity index (χ0n) is 42.9. The molecule has 4 atom stereocenters. The molecule has 19 heteroatoms. The second-order valence-corrected chi connectivity index (χ2v) is 21.1. The minimum absolute atomic E-state index is 0.0222. The van der Waals surface area contributed by atoms with Crippen LogP contribution in [0.25, 0.3) is 21.3 Å². The molecule has 2 fully saturated rings. The number of methoxy groups -OCH3 is 1. The Morgan fingerprint density at radius 2 is 1.56 bits per heavy atom. The number of ether oxygens (including phenoxy) is 3. The smallest absolute Gasteiger partial charge is 0.262 e. The summed E-state index contributed by atoms with van der Waals surface area (Å²) in [6.07, 6.45) is -0.680. The van der Waals surface area contributed by atoms with Gasteiger partial charge in [-0.15, -0.1) is 11.3 Å². The van der Waals surface area contributed by atoms with Gasteiger partial charge in [-0.05, 0) is 85.3 Å². The Bertz CT molecular complexity index is 2710. The van der Waals surface area contributed by atoms with Crippen LogP contribution < -0.4 is 20.7 Å². The number of carbonyl (C=O) groups excluding carboxylic acids is 5. The summed E-state index contributed by atoms with van der Waals surface area (Å²) in [5, 5.41) is 20.9. The molecule has 0 aliphatic carbocycles. The molecule has 392 valence electrons. The molecule has 2 aliphatic heterocycles. The SMILES string of the molecule is COc1ccc2c(c1)c(CC(=O)NCCN1CCN(CCOCCOCC(=O)N[C@H](C(=O)N3C[C@H](O)C[C@H]3C(=O)N[C@@H](C)c3ccc(-c4scnc4C)cc3)C(C)(C)C)CC1)c(C)n2C(=O)c1ccc(Cl)cc1. The average molecular weight is 1040 g/mol. The van der Waals surface area contributed by atoms with Gasteiger partial charge in [0.1, 0.15) is 24.4 Å². The zero-order valence-corrected chi connectivity index (χ0v) is 44.4. The van der Waals surface area contributed by atoms with Gasteiger partial charge in [-0.3, -0.25) is 38.3 Å². The largest absolute Gasteiger partial charge is 0.497 e. The lowest BCUT2D eigenvalue weighted by molar-refractivity contribution is -0.144. The van der Waals surface area contributed by atoms with Crippen LogP contribution in [0.5, 0.6) is 5.75 Å². The van der Waals surface area contributed by atoms with Crippen LogP contribution in [-0.2, 0) is 35.1 Å². The number of benzene rings is 3. The van der Waals surface area contributed by atoms with Crippen molar-refractivity contribution >= 4 is 63.4 Å². The van der Waals surface area contributed by atoms with E-state index in [0.717, 1.165) is 65.4 Å². The number of carbonyl (C=O) groups is 5. The summed E-state index contributed by atoms with van der Waals surface area (Å²) < 4.78 is 18.6. The number of fused-ring (bicyclic) bond motifs is 1. The van der Waals surface area contributed by atoms with Crippen molar-refractivity contribution in [2.45, 2.75) is 78.6 Å². The summed E-state index contributed by atoms with van der Waals surface area (Å²) in [5.74, 6) is -0.986. The molecular formula is C54H69ClN8O9S. The van der Waals surface area contributed by atoms with E-state index < -0.39 is 35.4 Å². The predicted molar refractivity (Wildman–Crippen MR) is 282 cm³/mol. The van der Waals surface area contributed by atoms with E-state index in [9.17, 15) is 29.1 Å². The number of aromatic nitrogens is 2. The van der Waals surface area contributed by atoms with Crippen LogP contribution in [-0.4, -0.2) is 163 Å². The molecular weight excluding hydrogens is 972 g/mol.